The lowest BCUT2D eigenvalue weighted by atomic mass is 9.76. The second-order valence-electron chi connectivity index (χ2n) is 5.89. The van der Waals surface area contributed by atoms with Crippen LogP contribution in [0, 0.1) is 28.1 Å². The number of hydrogen-bond acceptors (Lipinski definition) is 7. The number of benzene rings is 1. The molecule has 0 saturated carbocycles. The summed E-state index contributed by atoms with van der Waals surface area (Å²) < 4.78 is 5.34. The van der Waals surface area contributed by atoms with E-state index in [1.807, 2.05) is 17.0 Å². The first-order chi connectivity index (χ1) is 12.1. The van der Waals surface area contributed by atoms with Gasteiger partial charge in [0.05, 0.1) is 19.3 Å². The Morgan fingerprint density at radius 2 is 1.96 bits per heavy atom. The van der Waals surface area contributed by atoms with Crippen LogP contribution in [0.1, 0.15) is 16.8 Å². The van der Waals surface area contributed by atoms with Crippen LogP contribution in [-0.4, -0.2) is 42.8 Å². The molecular formula is C18H17N5O2. The number of Topliss-reactive ketones (excluding diaryl/α,β-unsaturated/α-hetero) is 1. The van der Waals surface area contributed by atoms with Crippen LogP contribution in [0.3, 0.4) is 0 Å². The van der Waals surface area contributed by atoms with Crippen molar-refractivity contribution in [1.82, 2.24) is 4.90 Å². The summed E-state index contributed by atoms with van der Waals surface area (Å²) in [5.41, 5.74) is 4.98. The molecule has 3 rings (SSSR count). The van der Waals surface area contributed by atoms with Gasteiger partial charge in [-0.05, 0) is 0 Å². The first kappa shape index (κ1) is 16.7. The summed E-state index contributed by atoms with van der Waals surface area (Å²) in [6.45, 7) is 2.06. The van der Waals surface area contributed by atoms with Crippen molar-refractivity contribution in [3.05, 3.63) is 47.3 Å². The van der Waals surface area contributed by atoms with Crippen molar-refractivity contribution in [3.63, 3.8) is 0 Å². The number of amidine groups is 1. The molecule has 7 heteroatoms. The zero-order chi connectivity index (χ0) is 17.9. The molecule has 0 amide bonds. The van der Waals surface area contributed by atoms with Crippen molar-refractivity contribution in [2.75, 3.05) is 26.3 Å². The summed E-state index contributed by atoms with van der Waals surface area (Å²) in [5, 5.41) is 19.5. The minimum atomic E-state index is -1.46. The number of aliphatic imine (C=N–C) groups is 1. The number of hydrogen-bond donors (Lipinski definition) is 1. The standard InChI is InChI=1S/C18H17N5O2/c19-11-14-16(21)22-17(23-6-8-25-9-7-23)18(14,12-20)10-15(24)13-4-2-1-3-5-13/h1-5H,6-10,21H2/t18-/m0/s1. The van der Waals surface area contributed by atoms with Gasteiger partial charge in [0.15, 0.2) is 11.2 Å². The predicted octanol–water partition coefficient (Wildman–Crippen LogP) is 1.21. The largest absolute Gasteiger partial charge is 0.383 e. The fourth-order valence-corrected chi connectivity index (χ4v) is 3.14. The van der Waals surface area contributed by atoms with E-state index in [1.165, 1.54) is 0 Å². The van der Waals surface area contributed by atoms with E-state index < -0.39 is 5.41 Å². The van der Waals surface area contributed by atoms with E-state index in [2.05, 4.69) is 11.1 Å². The van der Waals surface area contributed by atoms with Crippen LogP contribution in [0.25, 0.3) is 0 Å². The van der Waals surface area contributed by atoms with Crippen molar-refractivity contribution in [2.45, 2.75) is 6.42 Å². The van der Waals surface area contributed by atoms with Crippen LogP contribution in [-0.2, 0) is 4.74 Å². The zero-order valence-electron chi connectivity index (χ0n) is 13.6. The van der Waals surface area contributed by atoms with Gasteiger partial charge in [-0.1, -0.05) is 30.3 Å². The van der Waals surface area contributed by atoms with Gasteiger partial charge in [-0.25, -0.2) is 4.99 Å². The van der Waals surface area contributed by atoms with Crippen molar-refractivity contribution in [1.29, 1.82) is 10.5 Å². The van der Waals surface area contributed by atoms with Gasteiger partial charge >= 0.3 is 0 Å². The van der Waals surface area contributed by atoms with Gasteiger partial charge in [0.1, 0.15) is 23.3 Å². The second kappa shape index (κ2) is 6.76. The molecule has 0 bridgehead atoms. The summed E-state index contributed by atoms with van der Waals surface area (Å²) in [7, 11) is 0. The average molecular weight is 335 g/mol. The third kappa shape index (κ3) is 2.86. The van der Waals surface area contributed by atoms with Gasteiger partial charge in [0, 0.05) is 25.1 Å². The summed E-state index contributed by atoms with van der Waals surface area (Å²) in [4.78, 5) is 18.9. The summed E-state index contributed by atoms with van der Waals surface area (Å²) in [5.74, 6) is 0.147. The summed E-state index contributed by atoms with van der Waals surface area (Å²) in [6.07, 6.45) is -0.173. The molecule has 1 fully saturated rings. The molecule has 1 saturated heterocycles. The number of rotatable bonds is 3. The summed E-state index contributed by atoms with van der Waals surface area (Å²) >= 11 is 0. The van der Waals surface area contributed by atoms with Crippen molar-refractivity contribution < 1.29 is 9.53 Å². The van der Waals surface area contributed by atoms with Crippen molar-refractivity contribution >= 4 is 11.6 Å². The average Bonchev–Trinajstić information content (AvgIpc) is 2.94. The van der Waals surface area contributed by atoms with E-state index in [9.17, 15) is 15.3 Å². The molecule has 1 atom stereocenters. The Hall–Kier alpha value is -3.16. The molecule has 1 aromatic carbocycles. The zero-order valence-corrected chi connectivity index (χ0v) is 13.6. The number of ether oxygens (including phenoxy) is 1. The molecule has 1 aromatic rings. The predicted molar refractivity (Wildman–Crippen MR) is 90.1 cm³/mol. The van der Waals surface area contributed by atoms with Gasteiger partial charge in [-0.15, -0.1) is 0 Å². The molecule has 0 radical (unpaired) electrons. The van der Waals surface area contributed by atoms with Crippen LogP contribution in [0.2, 0.25) is 0 Å². The lowest BCUT2D eigenvalue weighted by molar-refractivity contribution is 0.0652. The molecule has 0 spiro atoms. The Morgan fingerprint density at radius 1 is 1.28 bits per heavy atom. The maximum absolute atomic E-state index is 12.7. The first-order valence-corrected chi connectivity index (χ1v) is 7.94. The van der Waals surface area contributed by atoms with E-state index >= 15 is 0 Å². The topological polar surface area (TPSA) is 116 Å². The molecule has 0 unspecified atom stereocenters. The van der Waals surface area contributed by atoms with Crippen molar-refractivity contribution in [2.24, 2.45) is 16.1 Å². The third-order valence-corrected chi connectivity index (χ3v) is 4.43. The van der Waals surface area contributed by atoms with Crippen molar-refractivity contribution in [3.8, 4) is 12.1 Å². The number of nitriles is 2. The molecule has 2 aliphatic heterocycles. The highest BCUT2D eigenvalue weighted by Crippen LogP contribution is 2.41. The van der Waals surface area contributed by atoms with Crippen LogP contribution in [0.5, 0.6) is 0 Å². The lowest BCUT2D eigenvalue weighted by Crippen LogP contribution is -2.48. The van der Waals surface area contributed by atoms with Crippen LogP contribution in [0.15, 0.2) is 46.7 Å². The van der Waals surface area contributed by atoms with E-state index in [1.54, 1.807) is 24.3 Å². The SMILES string of the molecule is N#CC1=C(N)N=C(N2CCOCC2)[C@]1(C#N)CC(=O)c1ccccc1. The Kier molecular flexibility index (Phi) is 4.51. The number of ketones is 1. The third-order valence-electron chi connectivity index (χ3n) is 4.43. The Labute approximate surface area is 145 Å². The lowest BCUT2D eigenvalue weighted by Gasteiger charge is -2.35. The molecule has 0 aromatic heterocycles. The van der Waals surface area contributed by atoms with Gasteiger partial charge < -0.3 is 15.4 Å². The van der Waals surface area contributed by atoms with Gasteiger partial charge in [-0.2, -0.15) is 10.5 Å². The Morgan fingerprint density at radius 3 is 2.56 bits per heavy atom. The first-order valence-electron chi connectivity index (χ1n) is 7.94. The van der Waals surface area contributed by atoms with Crippen LogP contribution in [0.4, 0.5) is 0 Å². The number of nitrogens with two attached hydrogens (primary N) is 1. The Balaban J connectivity index is 1.99. The van der Waals surface area contributed by atoms with Crippen LogP contribution >= 0.6 is 0 Å². The molecule has 126 valence electrons. The van der Waals surface area contributed by atoms with E-state index in [0.717, 1.165) is 0 Å². The van der Waals surface area contributed by atoms with E-state index in [4.69, 9.17) is 10.5 Å². The smallest absolute Gasteiger partial charge is 0.165 e. The molecule has 2 N–H and O–H groups in total. The summed E-state index contributed by atoms with van der Waals surface area (Å²) in [6, 6.07) is 12.9. The minimum absolute atomic E-state index is 0.00593. The molecule has 7 nitrogen and oxygen atoms in total. The number of carbonyl (C=O) groups is 1. The molecule has 0 aliphatic carbocycles. The van der Waals surface area contributed by atoms with E-state index in [-0.39, 0.29) is 23.6 Å². The highest BCUT2D eigenvalue weighted by atomic mass is 16.5. The molecule has 2 heterocycles. The highest BCUT2D eigenvalue weighted by molar-refractivity contribution is 6.05. The maximum Gasteiger partial charge on any atom is 0.165 e. The fourth-order valence-electron chi connectivity index (χ4n) is 3.14. The second-order valence-corrected chi connectivity index (χ2v) is 5.89. The molecule has 25 heavy (non-hydrogen) atoms. The molecule has 2 aliphatic rings. The normalized spacial score (nSPS) is 23.0. The monoisotopic (exact) mass is 335 g/mol. The van der Waals surface area contributed by atoms with Gasteiger partial charge in [0.2, 0.25) is 0 Å². The minimum Gasteiger partial charge on any atom is -0.383 e. The number of morpholine rings is 1. The van der Waals surface area contributed by atoms with Gasteiger partial charge in [-0.3, -0.25) is 4.79 Å². The van der Waals surface area contributed by atoms with E-state index in [0.29, 0.717) is 37.7 Å². The number of carbonyl (C=O) groups excluding carboxylic acids is 1. The fraction of sp³-hybridized carbons (Fsp3) is 0.333. The Bertz CT molecular complexity index is 825. The highest BCUT2D eigenvalue weighted by Gasteiger charge is 2.50. The van der Waals surface area contributed by atoms with Crippen LogP contribution < -0.4 is 5.73 Å². The van der Waals surface area contributed by atoms with Gasteiger partial charge in [0.25, 0.3) is 0 Å². The quantitative estimate of drug-likeness (QED) is 0.830. The maximum atomic E-state index is 12.7. The molecular weight excluding hydrogens is 318 g/mol. The number of nitrogens with zero attached hydrogens (tertiary/aromatic N) is 4.